The number of hydrogen-bond acceptors (Lipinski definition) is 5. The Bertz CT molecular complexity index is 751. The van der Waals surface area contributed by atoms with Crippen LogP contribution < -0.4 is 0 Å². The maximum Gasteiger partial charge on any atom is 0.183 e. The van der Waals surface area contributed by atoms with Crippen LogP contribution in [0.25, 0.3) is 0 Å². The molecule has 5 heteroatoms. The summed E-state index contributed by atoms with van der Waals surface area (Å²) in [6.45, 7) is 12.4. The number of hydrogen-bond donors (Lipinski definition) is 2. The third-order valence-corrected chi connectivity index (χ3v) is 7.45. The third-order valence-electron chi connectivity index (χ3n) is 7.45. The van der Waals surface area contributed by atoms with Crippen molar-refractivity contribution in [1.29, 1.82) is 0 Å². The van der Waals surface area contributed by atoms with E-state index in [1.54, 1.807) is 34.6 Å². The zero-order valence-electron chi connectivity index (χ0n) is 16.8. The van der Waals surface area contributed by atoms with Gasteiger partial charge >= 0.3 is 0 Å². The normalized spacial score (nSPS) is 39.0. The van der Waals surface area contributed by atoms with Crippen LogP contribution in [0, 0.1) is 34.0 Å². The average Bonchev–Trinajstić information content (AvgIpc) is 2.85. The molecule has 3 aliphatic rings. The summed E-state index contributed by atoms with van der Waals surface area (Å²) >= 11 is 0. The predicted octanol–water partition coefficient (Wildman–Crippen LogP) is 3.01. The van der Waals surface area contributed by atoms with Gasteiger partial charge in [-0.3, -0.25) is 14.4 Å². The summed E-state index contributed by atoms with van der Waals surface area (Å²) in [5.74, 6) is -2.57. The highest BCUT2D eigenvalue weighted by Gasteiger charge is 2.77. The standard InChI is InChI=1S/C21H30O5/c1-10(2)14(22)13-15(23)20(7)8-12-18(3,4)11(19(5,6)26)9-21(12,16(13)24)17(20)25/h10-12,23,26H,8-9H2,1-7H3/t11-,12+,20-,21+/m1/s1. The largest absolute Gasteiger partial charge is 0.510 e. The molecule has 0 aromatic carbocycles. The molecule has 0 amide bonds. The number of carbonyl (C=O) groups excluding carboxylic acids is 3. The topological polar surface area (TPSA) is 91.7 Å². The maximum absolute atomic E-state index is 13.5. The average molecular weight is 362 g/mol. The van der Waals surface area contributed by atoms with Gasteiger partial charge in [0.25, 0.3) is 0 Å². The third kappa shape index (κ3) is 1.98. The van der Waals surface area contributed by atoms with Crippen molar-refractivity contribution >= 4 is 17.3 Å². The molecule has 0 aromatic heterocycles. The van der Waals surface area contributed by atoms with E-state index in [9.17, 15) is 24.6 Å². The first-order valence-corrected chi connectivity index (χ1v) is 9.43. The van der Waals surface area contributed by atoms with Crippen LogP contribution in [0.5, 0.6) is 0 Å². The van der Waals surface area contributed by atoms with Crippen molar-refractivity contribution in [2.45, 2.75) is 66.9 Å². The molecule has 0 aliphatic heterocycles. The van der Waals surface area contributed by atoms with Crippen molar-refractivity contribution in [2.75, 3.05) is 0 Å². The van der Waals surface area contributed by atoms with E-state index in [-0.39, 0.29) is 35.4 Å². The number of fused-ring (bicyclic) bond motifs is 1. The van der Waals surface area contributed by atoms with Crippen LogP contribution in [0.15, 0.2) is 11.3 Å². The molecule has 4 atom stereocenters. The minimum absolute atomic E-state index is 0.184. The van der Waals surface area contributed by atoms with Crippen LogP contribution in [0.1, 0.15) is 61.3 Å². The van der Waals surface area contributed by atoms with Crippen LogP contribution in [0.4, 0.5) is 0 Å². The molecule has 2 N–H and O–H groups in total. The number of allylic oxidation sites excluding steroid dienone is 2. The quantitative estimate of drug-likeness (QED) is 0.595. The van der Waals surface area contributed by atoms with E-state index in [0.717, 1.165) is 0 Å². The Morgan fingerprint density at radius 2 is 1.69 bits per heavy atom. The second kappa shape index (κ2) is 5.06. The molecule has 26 heavy (non-hydrogen) atoms. The number of rotatable bonds is 3. The van der Waals surface area contributed by atoms with Gasteiger partial charge in [-0.1, -0.05) is 27.7 Å². The molecule has 2 saturated carbocycles. The van der Waals surface area contributed by atoms with Gasteiger partial charge in [-0.25, -0.2) is 0 Å². The lowest BCUT2D eigenvalue weighted by Crippen LogP contribution is -2.49. The summed E-state index contributed by atoms with van der Waals surface area (Å²) < 4.78 is 0. The molecule has 3 aliphatic carbocycles. The molecule has 0 radical (unpaired) electrons. The summed E-state index contributed by atoms with van der Waals surface area (Å²) in [6, 6.07) is 0. The fourth-order valence-corrected chi connectivity index (χ4v) is 6.13. The molecule has 2 fully saturated rings. The maximum atomic E-state index is 13.5. The predicted molar refractivity (Wildman–Crippen MR) is 96.3 cm³/mol. The molecule has 1 spiro atoms. The second-order valence-corrected chi connectivity index (χ2v) is 10.2. The van der Waals surface area contributed by atoms with E-state index < -0.39 is 39.3 Å². The highest BCUT2D eigenvalue weighted by atomic mass is 16.3. The Labute approximate surface area is 154 Å². The van der Waals surface area contributed by atoms with E-state index in [1.807, 2.05) is 13.8 Å². The van der Waals surface area contributed by atoms with Gasteiger partial charge in [0.2, 0.25) is 0 Å². The van der Waals surface area contributed by atoms with Crippen LogP contribution >= 0.6 is 0 Å². The first-order chi connectivity index (χ1) is 11.6. The highest BCUT2D eigenvalue weighted by molar-refractivity contribution is 6.32. The van der Waals surface area contributed by atoms with Gasteiger partial charge in [-0.2, -0.15) is 0 Å². The van der Waals surface area contributed by atoms with Crippen molar-refractivity contribution in [3.63, 3.8) is 0 Å². The summed E-state index contributed by atoms with van der Waals surface area (Å²) in [7, 11) is 0. The summed E-state index contributed by atoms with van der Waals surface area (Å²) in [6.07, 6.45) is 0.557. The molecular weight excluding hydrogens is 332 g/mol. The zero-order chi connectivity index (χ0) is 20.0. The highest BCUT2D eigenvalue weighted by Crippen LogP contribution is 2.72. The fraction of sp³-hybridized carbons (Fsp3) is 0.762. The number of Topliss-reactive ketones (excluding diaryl/α,β-unsaturated/α-hetero) is 3. The fourth-order valence-electron chi connectivity index (χ4n) is 6.13. The van der Waals surface area contributed by atoms with Crippen LogP contribution in [-0.2, 0) is 14.4 Å². The number of ketones is 3. The van der Waals surface area contributed by atoms with Gasteiger partial charge in [0.15, 0.2) is 17.3 Å². The summed E-state index contributed by atoms with van der Waals surface area (Å²) in [5.41, 5.74) is -4.21. The van der Waals surface area contributed by atoms with Crippen molar-refractivity contribution in [3.8, 4) is 0 Å². The van der Waals surface area contributed by atoms with Gasteiger partial charge in [0.1, 0.15) is 11.3 Å². The molecule has 0 heterocycles. The lowest BCUT2D eigenvalue weighted by molar-refractivity contribution is -0.144. The minimum Gasteiger partial charge on any atom is -0.510 e. The second-order valence-electron chi connectivity index (χ2n) is 10.2. The van der Waals surface area contributed by atoms with E-state index >= 15 is 0 Å². The molecule has 5 nitrogen and oxygen atoms in total. The summed E-state index contributed by atoms with van der Waals surface area (Å²) in [5, 5.41) is 21.5. The van der Waals surface area contributed by atoms with Gasteiger partial charge in [0, 0.05) is 5.92 Å². The monoisotopic (exact) mass is 362 g/mol. The van der Waals surface area contributed by atoms with Crippen molar-refractivity contribution < 1.29 is 24.6 Å². The molecule has 0 aromatic rings. The Kier molecular flexibility index (Phi) is 3.75. The Morgan fingerprint density at radius 1 is 1.15 bits per heavy atom. The van der Waals surface area contributed by atoms with Crippen LogP contribution in [0.2, 0.25) is 0 Å². The van der Waals surface area contributed by atoms with Gasteiger partial charge in [0.05, 0.1) is 16.4 Å². The smallest absolute Gasteiger partial charge is 0.183 e. The van der Waals surface area contributed by atoms with Crippen molar-refractivity contribution in [1.82, 2.24) is 0 Å². The SMILES string of the molecule is CC(C)C(=O)C1=C(O)[C@@]2(C)C[C@H]3C(C)(C)[C@H](C(C)(C)O)C[C@]3(C1=O)C2=O. The Balaban J connectivity index is 2.25. The van der Waals surface area contributed by atoms with Crippen LogP contribution in [0.3, 0.4) is 0 Å². The van der Waals surface area contributed by atoms with Crippen molar-refractivity contribution in [3.05, 3.63) is 11.3 Å². The van der Waals surface area contributed by atoms with Gasteiger partial charge in [-0.15, -0.1) is 0 Å². The molecule has 0 unspecified atom stereocenters. The zero-order valence-corrected chi connectivity index (χ0v) is 16.8. The number of carbonyl (C=O) groups is 3. The van der Waals surface area contributed by atoms with Crippen LogP contribution in [-0.4, -0.2) is 33.2 Å². The molecule has 0 saturated heterocycles. The molecule has 2 bridgehead atoms. The Morgan fingerprint density at radius 3 is 2.15 bits per heavy atom. The van der Waals surface area contributed by atoms with E-state index in [1.165, 1.54) is 0 Å². The van der Waals surface area contributed by atoms with E-state index in [2.05, 4.69) is 0 Å². The molecule has 144 valence electrons. The van der Waals surface area contributed by atoms with Crippen molar-refractivity contribution in [2.24, 2.45) is 34.0 Å². The minimum atomic E-state index is -1.31. The molecule has 3 rings (SSSR count). The van der Waals surface area contributed by atoms with Gasteiger partial charge in [-0.05, 0) is 50.9 Å². The number of aliphatic hydroxyl groups is 2. The first kappa shape index (κ1) is 19.3. The Hall–Kier alpha value is -1.49. The molecular formula is C21H30O5. The van der Waals surface area contributed by atoms with E-state index in [4.69, 9.17) is 0 Å². The van der Waals surface area contributed by atoms with E-state index in [0.29, 0.717) is 6.42 Å². The number of aliphatic hydroxyl groups excluding tert-OH is 1. The van der Waals surface area contributed by atoms with Gasteiger partial charge < -0.3 is 10.2 Å². The lowest BCUT2D eigenvalue weighted by Gasteiger charge is -2.40. The lowest BCUT2D eigenvalue weighted by atomic mass is 9.64. The first-order valence-electron chi connectivity index (χ1n) is 9.43. The summed E-state index contributed by atoms with van der Waals surface area (Å²) in [4.78, 5) is 39.7.